The summed E-state index contributed by atoms with van der Waals surface area (Å²) in [7, 11) is 0. The highest BCUT2D eigenvalue weighted by molar-refractivity contribution is 5.78. The number of hydrogen-bond donors (Lipinski definition) is 1. The molecule has 4 heteroatoms. The normalized spacial score (nSPS) is 10.5. The van der Waals surface area contributed by atoms with Crippen LogP contribution in [0.2, 0.25) is 0 Å². The molecule has 0 fully saturated rings. The first-order valence-electron chi connectivity index (χ1n) is 5.80. The lowest BCUT2D eigenvalue weighted by atomic mass is 9.95. The third-order valence-electron chi connectivity index (χ3n) is 2.98. The van der Waals surface area contributed by atoms with E-state index >= 15 is 0 Å². The fourth-order valence-electron chi connectivity index (χ4n) is 2.08. The highest BCUT2D eigenvalue weighted by Gasteiger charge is 2.10. The summed E-state index contributed by atoms with van der Waals surface area (Å²) >= 11 is 0. The second-order valence-electron chi connectivity index (χ2n) is 4.39. The fraction of sp³-hybridized carbons (Fsp3) is 0.133. The Morgan fingerprint density at radius 1 is 1.16 bits per heavy atom. The van der Waals surface area contributed by atoms with E-state index in [1.165, 1.54) is 12.1 Å². The maximum absolute atomic E-state index is 13.2. The molecule has 0 aliphatic heterocycles. The number of nitrogens with two attached hydrogens (primary N) is 1. The number of benzene rings is 2. The zero-order valence-electron chi connectivity index (χ0n) is 10.4. The summed E-state index contributed by atoms with van der Waals surface area (Å²) in [6, 6.07) is 8.63. The molecular weight excluding hydrogens is 248 g/mol. The quantitative estimate of drug-likeness (QED) is 0.906. The van der Waals surface area contributed by atoms with E-state index in [0.29, 0.717) is 11.1 Å². The van der Waals surface area contributed by atoms with E-state index < -0.39 is 17.5 Å². The Balaban J connectivity index is 2.53. The topological polar surface area (TPSA) is 43.1 Å². The van der Waals surface area contributed by atoms with Crippen LogP contribution in [0, 0.1) is 18.6 Å². The lowest BCUT2D eigenvalue weighted by molar-refractivity contribution is -0.117. The van der Waals surface area contributed by atoms with Gasteiger partial charge < -0.3 is 5.73 Å². The van der Waals surface area contributed by atoms with E-state index in [4.69, 9.17) is 5.73 Å². The summed E-state index contributed by atoms with van der Waals surface area (Å²) in [6.45, 7) is 1.80. The standard InChI is InChI=1S/C15H13F2NO/c1-9-10(7-15(18)19)3-2-4-14(9)11-5-12(16)8-13(17)6-11/h2-6,8H,7H2,1H3,(H2,18,19). The summed E-state index contributed by atoms with van der Waals surface area (Å²) in [5.41, 5.74) is 7.87. The molecule has 0 heterocycles. The van der Waals surface area contributed by atoms with Crippen LogP contribution >= 0.6 is 0 Å². The molecule has 2 N–H and O–H groups in total. The summed E-state index contributed by atoms with van der Waals surface area (Å²) in [5, 5.41) is 0. The molecule has 2 nitrogen and oxygen atoms in total. The van der Waals surface area contributed by atoms with Gasteiger partial charge in [0.2, 0.25) is 5.91 Å². The van der Waals surface area contributed by atoms with Gasteiger partial charge in [-0.25, -0.2) is 8.78 Å². The van der Waals surface area contributed by atoms with Crippen LogP contribution in [-0.4, -0.2) is 5.91 Å². The van der Waals surface area contributed by atoms with Crippen molar-refractivity contribution in [3.8, 4) is 11.1 Å². The second-order valence-corrected chi connectivity index (χ2v) is 4.39. The Labute approximate surface area is 109 Å². The Morgan fingerprint density at radius 3 is 2.37 bits per heavy atom. The van der Waals surface area contributed by atoms with Gasteiger partial charge in [0, 0.05) is 6.07 Å². The maximum Gasteiger partial charge on any atom is 0.221 e. The molecule has 0 saturated carbocycles. The van der Waals surface area contributed by atoms with Gasteiger partial charge in [-0.15, -0.1) is 0 Å². The van der Waals surface area contributed by atoms with Gasteiger partial charge in [-0.05, 0) is 41.3 Å². The summed E-state index contributed by atoms with van der Waals surface area (Å²) in [5.74, 6) is -1.70. The largest absolute Gasteiger partial charge is 0.369 e. The zero-order chi connectivity index (χ0) is 14.0. The first-order valence-corrected chi connectivity index (χ1v) is 5.80. The van der Waals surface area contributed by atoms with Gasteiger partial charge in [-0.3, -0.25) is 4.79 Å². The van der Waals surface area contributed by atoms with Gasteiger partial charge in [-0.1, -0.05) is 18.2 Å². The van der Waals surface area contributed by atoms with Gasteiger partial charge in [-0.2, -0.15) is 0 Å². The predicted molar refractivity (Wildman–Crippen MR) is 69.4 cm³/mol. The van der Waals surface area contributed by atoms with Crippen molar-refractivity contribution in [2.45, 2.75) is 13.3 Å². The number of hydrogen-bond acceptors (Lipinski definition) is 1. The molecule has 2 aromatic carbocycles. The van der Waals surface area contributed by atoms with Crippen LogP contribution in [0.3, 0.4) is 0 Å². The van der Waals surface area contributed by atoms with E-state index in [0.717, 1.165) is 17.2 Å². The molecule has 0 radical (unpaired) electrons. The lowest BCUT2D eigenvalue weighted by Gasteiger charge is -2.11. The molecule has 0 bridgehead atoms. The van der Waals surface area contributed by atoms with Crippen molar-refractivity contribution < 1.29 is 13.6 Å². The number of rotatable bonds is 3. The molecule has 0 saturated heterocycles. The van der Waals surface area contributed by atoms with Crippen molar-refractivity contribution in [3.63, 3.8) is 0 Å². The third-order valence-corrected chi connectivity index (χ3v) is 2.98. The first-order chi connectivity index (χ1) is 8.97. The van der Waals surface area contributed by atoms with Crippen molar-refractivity contribution in [2.24, 2.45) is 5.73 Å². The van der Waals surface area contributed by atoms with E-state index in [2.05, 4.69) is 0 Å². The third kappa shape index (κ3) is 2.96. The minimum Gasteiger partial charge on any atom is -0.369 e. The fourth-order valence-corrected chi connectivity index (χ4v) is 2.08. The van der Waals surface area contributed by atoms with Crippen LogP contribution in [0.5, 0.6) is 0 Å². The Bertz CT molecular complexity index is 618. The smallest absolute Gasteiger partial charge is 0.221 e. The highest BCUT2D eigenvalue weighted by Crippen LogP contribution is 2.27. The number of carbonyl (C=O) groups is 1. The first kappa shape index (κ1) is 13.2. The minimum atomic E-state index is -0.630. The van der Waals surface area contributed by atoms with Crippen molar-refractivity contribution in [2.75, 3.05) is 0 Å². The van der Waals surface area contributed by atoms with Crippen LogP contribution in [0.15, 0.2) is 36.4 Å². The minimum absolute atomic E-state index is 0.109. The molecule has 0 atom stereocenters. The number of carbonyl (C=O) groups excluding carboxylic acids is 1. The Kier molecular flexibility index (Phi) is 3.60. The van der Waals surface area contributed by atoms with E-state index in [1.54, 1.807) is 25.1 Å². The summed E-state index contributed by atoms with van der Waals surface area (Å²) < 4.78 is 26.5. The molecule has 0 aromatic heterocycles. The van der Waals surface area contributed by atoms with Crippen molar-refractivity contribution in [1.82, 2.24) is 0 Å². The van der Waals surface area contributed by atoms with Gasteiger partial charge in [0.05, 0.1) is 6.42 Å². The molecule has 0 spiro atoms. The van der Waals surface area contributed by atoms with Crippen molar-refractivity contribution in [3.05, 3.63) is 59.2 Å². The zero-order valence-corrected chi connectivity index (χ0v) is 10.4. The molecule has 19 heavy (non-hydrogen) atoms. The molecule has 2 rings (SSSR count). The van der Waals surface area contributed by atoms with Gasteiger partial charge >= 0.3 is 0 Å². The number of halogens is 2. The predicted octanol–water partition coefficient (Wildman–Crippen LogP) is 2.97. The van der Waals surface area contributed by atoms with Crippen molar-refractivity contribution >= 4 is 5.91 Å². The lowest BCUT2D eigenvalue weighted by Crippen LogP contribution is -2.14. The van der Waals surface area contributed by atoms with Crippen LogP contribution in [0.25, 0.3) is 11.1 Å². The summed E-state index contributed by atoms with van der Waals surface area (Å²) in [4.78, 5) is 11.0. The SMILES string of the molecule is Cc1c(CC(N)=O)cccc1-c1cc(F)cc(F)c1. The Hall–Kier alpha value is -2.23. The van der Waals surface area contributed by atoms with E-state index in [-0.39, 0.29) is 6.42 Å². The summed E-state index contributed by atoms with van der Waals surface area (Å²) in [6.07, 6.45) is 0.109. The average molecular weight is 261 g/mol. The van der Waals surface area contributed by atoms with E-state index in [9.17, 15) is 13.6 Å². The van der Waals surface area contributed by atoms with Gasteiger partial charge in [0.15, 0.2) is 0 Å². The van der Waals surface area contributed by atoms with Gasteiger partial charge in [0.25, 0.3) is 0 Å². The van der Waals surface area contributed by atoms with E-state index in [1.807, 2.05) is 0 Å². The van der Waals surface area contributed by atoms with Crippen LogP contribution < -0.4 is 5.73 Å². The highest BCUT2D eigenvalue weighted by atomic mass is 19.1. The molecule has 1 amide bonds. The molecular formula is C15H13F2NO. The molecule has 2 aromatic rings. The van der Waals surface area contributed by atoms with Gasteiger partial charge in [0.1, 0.15) is 11.6 Å². The Morgan fingerprint density at radius 2 is 1.79 bits per heavy atom. The molecule has 0 aliphatic rings. The molecule has 0 aliphatic carbocycles. The molecule has 0 unspecified atom stereocenters. The average Bonchev–Trinajstić information content (AvgIpc) is 2.30. The second kappa shape index (κ2) is 5.18. The maximum atomic E-state index is 13.2. The van der Waals surface area contributed by atoms with Crippen LogP contribution in [0.1, 0.15) is 11.1 Å². The van der Waals surface area contributed by atoms with Crippen LogP contribution in [0.4, 0.5) is 8.78 Å². The monoisotopic (exact) mass is 261 g/mol. The number of primary amides is 1. The van der Waals surface area contributed by atoms with Crippen LogP contribution in [-0.2, 0) is 11.2 Å². The number of amides is 1. The molecule has 98 valence electrons. The van der Waals surface area contributed by atoms with Crippen molar-refractivity contribution in [1.29, 1.82) is 0 Å².